The predicted molar refractivity (Wildman–Crippen MR) is 103 cm³/mol. The number of fused-ring (bicyclic) bond motifs is 5. The van der Waals surface area contributed by atoms with Crippen LogP contribution < -0.4 is 0 Å². The molecule has 4 aliphatic rings. The molecule has 9 nitrogen and oxygen atoms in total. The fourth-order valence-electron chi connectivity index (χ4n) is 4.93. The molecular formula is C22H24O9. The van der Waals surface area contributed by atoms with Crippen molar-refractivity contribution in [3.05, 3.63) is 34.9 Å². The van der Waals surface area contributed by atoms with Crippen LogP contribution in [-0.2, 0) is 38.1 Å². The molecule has 2 saturated heterocycles. The third-order valence-electron chi connectivity index (χ3n) is 6.68. The number of esters is 3. The van der Waals surface area contributed by atoms with E-state index < -0.39 is 59.8 Å². The van der Waals surface area contributed by atoms with Gasteiger partial charge in [-0.25, -0.2) is 9.59 Å². The maximum absolute atomic E-state index is 12.9. The van der Waals surface area contributed by atoms with Gasteiger partial charge in [0.15, 0.2) is 11.9 Å². The molecule has 0 bridgehead atoms. The summed E-state index contributed by atoms with van der Waals surface area (Å²) in [5.41, 5.74) is -0.0148. The van der Waals surface area contributed by atoms with Crippen molar-refractivity contribution in [2.45, 2.75) is 57.7 Å². The highest BCUT2D eigenvalue weighted by molar-refractivity contribution is 6.07. The van der Waals surface area contributed by atoms with Crippen molar-refractivity contribution in [2.24, 2.45) is 11.8 Å². The van der Waals surface area contributed by atoms with Crippen molar-refractivity contribution >= 4 is 23.7 Å². The smallest absolute Gasteiger partial charge is 0.337 e. The maximum atomic E-state index is 12.9. The first kappa shape index (κ1) is 21.5. The summed E-state index contributed by atoms with van der Waals surface area (Å²) in [5.74, 6) is -3.78. The molecule has 2 aliphatic carbocycles. The molecule has 9 heteroatoms. The monoisotopic (exact) mass is 432 g/mol. The molecule has 3 fully saturated rings. The second kappa shape index (κ2) is 7.13. The lowest BCUT2D eigenvalue weighted by atomic mass is 9.79. The van der Waals surface area contributed by atoms with Gasteiger partial charge in [0, 0.05) is 18.1 Å². The minimum atomic E-state index is -1.36. The fraction of sp³-hybridized carbons (Fsp3) is 0.545. The Morgan fingerprint density at radius 1 is 1.32 bits per heavy atom. The highest BCUT2D eigenvalue weighted by Crippen LogP contribution is 2.60. The van der Waals surface area contributed by atoms with Gasteiger partial charge in [0.1, 0.15) is 30.5 Å². The molecule has 31 heavy (non-hydrogen) atoms. The second-order valence-electron chi connectivity index (χ2n) is 8.45. The molecule has 1 saturated carbocycles. The first-order valence-electron chi connectivity index (χ1n) is 10.0. The summed E-state index contributed by atoms with van der Waals surface area (Å²) < 4.78 is 21.7. The van der Waals surface area contributed by atoms with E-state index in [4.69, 9.17) is 18.9 Å². The summed E-state index contributed by atoms with van der Waals surface area (Å²) in [5, 5.41) is 11.1. The van der Waals surface area contributed by atoms with Gasteiger partial charge in [-0.1, -0.05) is 12.7 Å². The minimum Gasteiger partial charge on any atom is -0.461 e. The third-order valence-corrected chi connectivity index (χ3v) is 6.68. The van der Waals surface area contributed by atoms with Crippen molar-refractivity contribution in [1.29, 1.82) is 0 Å². The van der Waals surface area contributed by atoms with Crippen LogP contribution in [0.4, 0.5) is 0 Å². The molecule has 0 aromatic heterocycles. The van der Waals surface area contributed by atoms with Crippen LogP contribution in [-0.4, -0.2) is 65.4 Å². The molecule has 1 N–H and O–H groups in total. The number of ketones is 1. The minimum absolute atomic E-state index is 0.0538. The van der Waals surface area contributed by atoms with Crippen molar-refractivity contribution in [3.8, 4) is 0 Å². The van der Waals surface area contributed by atoms with Crippen molar-refractivity contribution in [3.63, 3.8) is 0 Å². The summed E-state index contributed by atoms with van der Waals surface area (Å²) in [6.07, 6.45) is -2.66. The molecule has 0 radical (unpaired) electrons. The lowest BCUT2D eigenvalue weighted by Gasteiger charge is -2.31. The maximum Gasteiger partial charge on any atom is 0.337 e. The number of allylic oxidation sites excluding steroid dienone is 1. The molecule has 7 atom stereocenters. The number of aliphatic hydroxyl groups excluding tert-OH is 1. The largest absolute Gasteiger partial charge is 0.461 e. The second-order valence-corrected chi connectivity index (χ2v) is 8.45. The molecule has 166 valence electrons. The summed E-state index contributed by atoms with van der Waals surface area (Å²) in [4.78, 5) is 49.1. The standard InChI is InChI=1S/C22H24O9/c1-6-11(7-28-10(4)23)21(27)30-18-13-9(3)20(26)29-17(13)14-12(8(2)15(18)24)16(25)19-22(14,5)31-19/h6,13-15,17-19,24H,3,7H2,1-2,4-5H3/b11-6+/t13-,14-,15+,17-,18-,19+,22-/m0/s1. The van der Waals surface area contributed by atoms with E-state index in [0.29, 0.717) is 11.1 Å². The Kier molecular flexibility index (Phi) is 4.94. The predicted octanol–water partition coefficient (Wildman–Crippen LogP) is 0.553. The molecule has 2 heterocycles. The van der Waals surface area contributed by atoms with Gasteiger partial charge in [0.05, 0.1) is 17.4 Å². The molecule has 0 unspecified atom stereocenters. The van der Waals surface area contributed by atoms with Crippen molar-refractivity contribution in [1.82, 2.24) is 0 Å². The molecule has 2 aliphatic heterocycles. The van der Waals surface area contributed by atoms with Gasteiger partial charge in [0.25, 0.3) is 0 Å². The summed E-state index contributed by atoms with van der Waals surface area (Å²) in [6, 6.07) is 0. The SMILES string of the molecule is C=C1C(=O)O[C@H]2[C@H]1[C@H](OC(=O)/C(=C/C)COC(C)=O)[C@H](O)C(C)=C1C(=O)[C@H]3O[C@@]3(C)[C@@H]12. The van der Waals surface area contributed by atoms with E-state index in [1.807, 2.05) is 0 Å². The van der Waals surface area contributed by atoms with E-state index in [1.165, 1.54) is 13.0 Å². The zero-order chi connectivity index (χ0) is 22.8. The van der Waals surface area contributed by atoms with E-state index in [9.17, 15) is 24.3 Å². The van der Waals surface area contributed by atoms with E-state index in [2.05, 4.69) is 6.58 Å². The van der Waals surface area contributed by atoms with Crippen molar-refractivity contribution < 1.29 is 43.2 Å². The van der Waals surface area contributed by atoms with Gasteiger partial charge in [0.2, 0.25) is 0 Å². The number of hydrogen-bond donors (Lipinski definition) is 1. The van der Waals surface area contributed by atoms with Crippen LogP contribution in [0.5, 0.6) is 0 Å². The summed E-state index contributed by atoms with van der Waals surface area (Å²) >= 11 is 0. The summed E-state index contributed by atoms with van der Waals surface area (Å²) in [6.45, 7) is 9.65. The van der Waals surface area contributed by atoms with Crippen LogP contribution in [0.15, 0.2) is 34.9 Å². The Morgan fingerprint density at radius 2 is 2.00 bits per heavy atom. The number of carbonyl (C=O) groups excluding carboxylic acids is 4. The third kappa shape index (κ3) is 3.06. The van der Waals surface area contributed by atoms with Gasteiger partial charge in [-0.15, -0.1) is 0 Å². The number of rotatable bonds is 4. The van der Waals surface area contributed by atoms with Gasteiger partial charge >= 0.3 is 17.9 Å². The lowest BCUT2D eigenvalue weighted by molar-refractivity contribution is -0.156. The van der Waals surface area contributed by atoms with E-state index in [1.54, 1.807) is 20.8 Å². The van der Waals surface area contributed by atoms with Crippen LogP contribution in [0.3, 0.4) is 0 Å². The Labute approximate surface area is 178 Å². The first-order valence-corrected chi connectivity index (χ1v) is 10.0. The molecule has 4 rings (SSSR count). The normalized spacial score (nSPS) is 38.7. The number of aliphatic hydroxyl groups is 1. The average Bonchev–Trinajstić information content (AvgIpc) is 3.26. The lowest BCUT2D eigenvalue weighted by Crippen LogP contribution is -2.44. The van der Waals surface area contributed by atoms with E-state index in [0.717, 1.165) is 0 Å². The number of epoxide rings is 1. The van der Waals surface area contributed by atoms with Gasteiger partial charge < -0.3 is 24.1 Å². The number of carbonyl (C=O) groups is 4. The van der Waals surface area contributed by atoms with Gasteiger partial charge in [-0.2, -0.15) is 0 Å². The van der Waals surface area contributed by atoms with Gasteiger partial charge in [-0.3, -0.25) is 9.59 Å². The Hall–Kier alpha value is -2.78. The van der Waals surface area contributed by atoms with E-state index >= 15 is 0 Å². The van der Waals surface area contributed by atoms with Crippen LogP contribution >= 0.6 is 0 Å². The Balaban J connectivity index is 1.71. The van der Waals surface area contributed by atoms with Crippen LogP contribution in [0.1, 0.15) is 27.7 Å². The molecule has 0 spiro atoms. The highest BCUT2D eigenvalue weighted by Gasteiger charge is 2.75. The molecular weight excluding hydrogens is 408 g/mol. The molecule has 0 aromatic carbocycles. The van der Waals surface area contributed by atoms with E-state index in [-0.39, 0.29) is 23.5 Å². The molecule has 0 aromatic rings. The zero-order valence-electron chi connectivity index (χ0n) is 17.7. The van der Waals surface area contributed by atoms with Crippen LogP contribution in [0, 0.1) is 11.8 Å². The fourth-order valence-corrected chi connectivity index (χ4v) is 4.93. The topological polar surface area (TPSA) is 129 Å². The Morgan fingerprint density at radius 3 is 2.61 bits per heavy atom. The van der Waals surface area contributed by atoms with Crippen molar-refractivity contribution in [2.75, 3.05) is 6.61 Å². The Bertz CT molecular complexity index is 973. The van der Waals surface area contributed by atoms with Crippen LogP contribution in [0.2, 0.25) is 0 Å². The quantitative estimate of drug-likeness (QED) is 0.293. The number of ether oxygens (including phenoxy) is 4. The first-order chi connectivity index (χ1) is 14.5. The highest BCUT2D eigenvalue weighted by atomic mass is 16.6. The molecule has 0 amide bonds. The van der Waals surface area contributed by atoms with Crippen LogP contribution in [0.25, 0.3) is 0 Å². The van der Waals surface area contributed by atoms with Gasteiger partial charge in [-0.05, 0) is 26.3 Å². The average molecular weight is 432 g/mol. The summed E-state index contributed by atoms with van der Waals surface area (Å²) in [7, 11) is 0. The number of hydrogen-bond acceptors (Lipinski definition) is 9. The zero-order valence-corrected chi connectivity index (χ0v) is 17.7. The number of Topliss-reactive ketones (excluding diaryl/α,β-unsaturated/α-hetero) is 1.